The summed E-state index contributed by atoms with van der Waals surface area (Å²) >= 11 is 0. The molecule has 0 bridgehead atoms. The topological polar surface area (TPSA) is 61.3 Å². The average molecular weight is 292 g/mol. The minimum atomic E-state index is 0.182. The summed E-state index contributed by atoms with van der Waals surface area (Å²) in [5.74, 6) is 3.07. The van der Waals surface area contributed by atoms with E-state index in [1.807, 2.05) is 0 Å². The van der Waals surface area contributed by atoms with E-state index in [1.165, 1.54) is 6.42 Å². The van der Waals surface area contributed by atoms with Crippen molar-refractivity contribution in [2.75, 3.05) is 29.9 Å². The lowest BCUT2D eigenvalue weighted by Gasteiger charge is -2.37. The Bertz CT molecular complexity index is 476. The Morgan fingerprint density at radius 3 is 2.71 bits per heavy atom. The summed E-state index contributed by atoms with van der Waals surface area (Å²) in [5, 5.41) is 13.0. The summed E-state index contributed by atoms with van der Waals surface area (Å²) < 4.78 is 0. The van der Waals surface area contributed by atoms with Crippen LogP contribution in [0.1, 0.15) is 57.3 Å². The number of nitrogens with zero attached hydrogens (tertiary/aromatic N) is 3. The number of piperidine rings is 1. The molecule has 0 spiro atoms. The van der Waals surface area contributed by atoms with Crippen molar-refractivity contribution in [1.29, 1.82) is 0 Å². The zero-order valence-corrected chi connectivity index (χ0v) is 13.7. The third-order valence-electron chi connectivity index (χ3n) is 4.11. The van der Waals surface area contributed by atoms with Gasteiger partial charge in [0.15, 0.2) is 0 Å². The van der Waals surface area contributed by atoms with Gasteiger partial charge in [-0.25, -0.2) is 9.97 Å². The predicted molar refractivity (Wildman–Crippen MR) is 87.1 cm³/mol. The van der Waals surface area contributed by atoms with Crippen LogP contribution in [-0.4, -0.2) is 40.8 Å². The van der Waals surface area contributed by atoms with Crippen LogP contribution in [0.15, 0.2) is 0 Å². The molecule has 5 heteroatoms. The number of aromatic nitrogens is 2. The molecular formula is C16H28N4O. The fourth-order valence-corrected chi connectivity index (χ4v) is 2.87. The van der Waals surface area contributed by atoms with Crippen LogP contribution in [0.4, 0.5) is 11.6 Å². The Morgan fingerprint density at radius 1 is 1.33 bits per heavy atom. The highest BCUT2D eigenvalue weighted by Crippen LogP contribution is 2.30. The maximum Gasteiger partial charge on any atom is 0.137 e. The molecule has 1 saturated heterocycles. The monoisotopic (exact) mass is 292 g/mol. The largest absolute Gasteiger partial charge is 0.394 e. The van der Waals surface area contributed by atoms with Crippen LogP contribution < -0.4 is 10.2 Å². The van der Waals surface area contributed by atoms with Crippen LogP contribution in [0.25, 0.3) is 0 Å². The number of anilines is 2. The minimum absolute atomic E-state index is 0.182. The third-order valence-corrected chi connectivity index (χ3v) is 4.11. The van der Waals surface area contributed by atoms with Gasteiger partial charge in [-0.15, -0.1) is 0 Å². The second kappa shape index (κ2) is 7.07. The van der Waals surface area contributed by atoms with Crippen molar-refractivity contribution in [1.82, 2.24) is 9.97 Å². The summed E-state index contributed by atoms with van der Waals surface area (Å²) in [6, 6.07) is 0.182. The van der Waals surface area contributed by atoms with E-state index in [-0.39, 0.29) is 12.6 Å². The molecular weight excluding hydrogens is 264 g/mol. The summed E-state index contributed by atoms with van der Waals surface area (Å²) in [6.45, 7) is 10.4. The zero-order chi connectivity index (χ0) is 15.4. The molecule has 0 saturated carbocycles. The number of aliphatic hydroxyl groups excluding tert-OH is 1. The van der Waals surface area contributed by atoms with E-state index in [1.54, 1.807) is 0 Å². The van der Waals surface area contributed by atoms with E-state index in [0.29, 0.717) is 5.92 Å². The van der Waals surface area contributed by atoms with Crippen LogP contribution in [0.5, 0.6) is 0 Å². The predicted octanol–water partition coefficient (Wildman–Crippen LogP) is 2.69. The molecule has 2 heterocycles. The molecule has 1 aromatic heterocycles. The van der Waals surface area contributed by atoms with Gasteiger partial charge in [-0.3, -0.25) is 0 Å². The van der Waals surface area contributed by atoms with Crippen LogP contribution in [0.3, 0.4) is 0 Å². The number of rotatable bonds is 5. The maximum absolute atomic E-state index is 9.66. The number of hydrogen-bond acceptors (Lipinski definition) is 5. The van der Waals surface area contributed by atoms with Gasteiger partial charge in [0.1, 0.15) is 17.5 Å². The normalized spacial score (nSPS) is 19.1. The molecule has 1 aliphatic rings. The molecule has 0 aromatic carbocycles. The SMILES string of the molecule is CCNc1nc(C(C)C)nc(N2CCCCC2CO)c1C. The van der Waals surface area contributed by atoms with Gasteiger partial charge in [0.25, 0.3) is 0 Å². The van der Waals surface area contributed by atoms with Crippen LogP contribution >= 0.6 is 0 Å². The van der Waals surface area contributed by atoms with Crippen molar-refractivity contribution in [2.24, 2.45) is 0 Å². The van der Waals surface area contributed by atoms with Crippen molar-refractivity contribution < 1.29 is 5.11 Å². The fraction of sp³-hybridized carbons (Fsp3) is 0.750. The van der Waals surface area contributed by atoms with Crippen LogP contribution in [0.2, 0.25) is 0 Å². The lowest BCUT2D eigenvalue weighted by Crippen LogP contribution is -2.43. The van der Waals surface area contributed by atoms with Crippen molar-refractivity contribution in [2.45, 2.75) is 58.9 Å². The second-order valence-corrected chi connectivity index (χ2v) is 6.09. The van der Waals surface area contributed by atoms with Gasteiger partial charge in [-0.1, -0.05) is 13.8 Å². The Morgan fingerprint density at radius 2 is 2.10 bits per heavy atom. The van der Waals surface area contributed by atoms with E-state index in [4.69, 9.17) is 4.98 Å². The molecule has 0 amide bonds. The molecule has 21 heavy (non-hydrogen) atoms. The van der Waals surface area contributed by atoms with E-state index < -0.39 is 0 Å². The second-order valence-electron chi connectivity index (χ2n) is 6.09. The van der Waals surface area contributed by atoms with E-state index in [9.17, 15) is 5.11 Å². The van der Waals surface area contributed by atoms with E-state index in [2.05, 4.69) is 42.9 Å². The van der Waals surface area contributed by atoms with Gasteiger partial charge in [-0.2, -0.15) is 0 Å². The zero-order valence-electron chi connectivity index (χ0n) is 13.7. The Hall–Kier alpha value is -1.36. The summed E-state index contributed by atoms with van der Waals surface area (Å²) in [5.41, 5.74) is 1.08. The number of aliphatic hydroxyl groups is 1. The first-order chi connectivity index (χ1) is 10.1. The molecule has 1 aliphatic heterocycles. The van der Waals surface area contributed by atoms with Crippen LogP contribution in [0, 0.1) is 6.92 Å². The first-order valence-corrected chi connectivity index (χ1v) is 8.08. The summed E-state index contributed by atoms with van der Waals surface area (Å²) in [6.07, 6.45) is 3.38. The standard InChI is InChI=1S/C16H28N4O/c1-5-17-15-12(4)16(19-14(18-15)11(2)3)20-9-7-6-8-13(20)10-21/h11,13,21H,5-10H2,1-4H3,(H,17,18,19). The van der Waals surface area contributed by atoms with Crippen LogP contribution in [-0.2, 0) is 0 Å². The molecule has 1 atom stereocenters. The molecule has 1 aromatic rings. The highest BCUT2D eigenvalue weighted by molar-refractivity contribution is 5.59. The minimum Gasteiger partial charge on any atom is -0.394 e. The van der Waals surface area contributed by atoms with Crippen molar-refractivity contribution >= 4 is 11.6 Å². The van der Waals surface area contributed by atoms with Crippen molar-refractivity contribution in [3.05, 3.63) is 11.4 Å². The average Bonchev–Trinajstić information content (AvgIpc) is 2.49. The van der Waals surface area contributed by atoms with Gasteiger partial charge in [0, 0.05) is 24.6 Å². The van der Waals surface area contributed by atoms with E-state index in [0.717, 1.165) is 49.0 Å². The smallest absolute Gasteiger partial charge is 0.137 e. The molecule has 118 valence electrons. The molecule has 1 fully saturated rings. The number of nitrogens with one attached hydrogen (secondary N) is 1. The maximum atomic E-state index is 9.66. The van der Waals surface area contributed by atoms with E-state index >= 15 is 0 Å². The van der Waals surface area contributed by atoms with Gasteiger partial charge in [0.2, 0.25) is 0 Å². The number of hydrogen-bond donors (Lipinski definition) is 2. The third kappa shape index (κ3) is 3.46. The first-order valence-electron chi connectivity index (χ1n) is 8.08. The van der Waals surface area contributed by atoms with Gasteiger partial charge in [-0.05, 0) is 33.1 Å². The molecule has 1 unspecified atom stereocenters. The highest BCUT2D eigenvalue weighted by atomic mass is 16.3. The lowest BCUT2D eigenvalue weighted by molar-refractivity contribution is 0.239. The molecule has 2 N–H and O–H groups in total. The molecule has 0 aliphatic carbocycles. The Kier molecular flexibility index (Phi) is 5.39. The van der Waals surface area contributed by atoms with Gasteiger partial charge < -0.3 is 15.3 Å². The quantitative estimate of drug-likeness (QED) is 0.873. The highest BCUT2D eigenvalue weighted by Gasteiger charge is 2.26. The molecule has 2 rings (SSSR count). The summed E-state index contributed by atoms with van der Waals surface area (Å²) in [4.78, 5) is 11.7. The van der Waals surface area contributed by atoms with Crippen molar-refractivity contribution in [3.63, 3.8) is 0 Å². The van der Waals surface area contributed by atoms with Crippen molar-refractivity contribution in [3.8, 4) is 0 Å². The molecule has 5 nitrogen and oxygen atoms in total. The summed E-state index contributed by atoms with van der Waals surface area (Å²) in [7, 11) is 0. The van der Waals surface area contributed by atoms with Gasteiger partial charge in [0.05, 0.1) is 12.6 Å². The first kappa shape index (κ1) is 16.0. The molecule has 0 radical (unpaired) electrons. The van der Waals surface area contributed by atoms with Gasteiger partial charge >= 0.3 is 0 Å². The Labute approximate surface area is 127 Å². The fourth-order valence-electron chi connectivity index (χ4n) is 2.87. The lowest BCUT2D eigenvalue weighted by atomic mass is 10.0. The Balaban J connectivity index is 2.44.